The lowest BCUT2D eigenvalue weighted by molar-refractivity contribution is -0.133. The molecule has 6 heteroatoms. The van der Waals surface area contributed by atoms with Crippen LogP contribution in [0.1, 0.15) is 43.6 Å². The Balaban J connectivity index is 0.000000323. The van der Waals surface area contributed by atoms with Gasteiger partial charge >= 0.3 is 0 Å². The Labute approximate surface area is 179 Å². The Morgan fingerprint density at radius 2 is 1.43 bits per heavy atom. The van der Waals surface area contributed by atoms with Crippen LogP contribution in [0.5, 0.6) is 5.75 Å². The highest BCUT2D eigenvalue weighted by Crippen LogP contribution is 2.31. The number of carbonyl (C=O) groups excluding carboxylic acids is 3. The molecule has 162 valence electrons. The number of amides is 2. The number of fused-ring (bicyclic) bond motifs is 1. The normalized spacial score (nSPS) is 11.0. The standard InChI is InChI=1S/C16H14O2.C6H12N2O2.C2H6/c1-11(17)12-2-4-13(5-3-12)15-7-6-14-8-9-18-16(14)10-15;1-4(5(9)7-2)6(10)8-3;1-2/h2-7,10H,8-9H2,1H3;4H,1-3H3,(H,7,9)(H,8,10);1-2H3. The van der Waals surface area contributed by atoms with Gasteiger partial charge in [-0.25, -0.2) is 0 Å². The van der Waals surface area contributed by atoms with Gasteiger partial charge in [-0.2, -0.15) is 0 Å². The average Bonchev–Trinajstić information content (AvgIpc) is 3.27. The molecular weight excluding hydrogens is 380 g/mol. The Hall–Kier alpha value is -3.15. The fourth-order valence-electron chi connectivity index (χ4n) is 2.80. The minimum atomic E-state index is -0.602. The molecule has 30 heavy (non-hydrogen) atoms. The van der Waals surface area contributed by atoms with Crippen molar-refractivity contribution < 1.29 is 19.1 Å². The van der Waals surface area contributed by atoms with Gasteiger partial charge in [0.1, 0.15) is 11.7 Å². The number of ether oxygens (including phenoxy) is 1. The Bertz CT molecular complexity index is 844. The van der Waals surface area contributed by atoms with Gasteiger partial charge in [0, 0.05) is 26.1 Å². The number of Topliss-reactive ketones (excluding diaryl/α,β-unsaturated/α-hetero) is 1. The lowest BCUT2D eigenvalue weighted by Gasteiger charge is -2.06. The molecule has 3 rings (SSSR count). The van der Waals surface area contributed by atoms with Gasteiger partial charge in [-0.3, -0.25) is 14.4 Å². The Kier molecular flexibility index (Phi) is 10.3. The highest BCUT2D eigenvalue weighted by atomic mass is 16.5. The second-order valence-corrected chi connectivity index (χ2v) is 6.50. The molecule has 1 aliphatic heterocycles. The summed E-state index contributed by atoms with van der Waals surface area (Å²) in [7, 11) is 3.00. The van der Waals surface area contributed by atoms with Gasteiger partial charge in [-0.1, -0.05) is 50.2 Å². The van der Waals surface area contributed by atoms with Crippen molar-refractivity contribution in [2.24, 2.45) is 5.92 Å². The first kappa shape index (κ1) is 24.9. The second-order valence-electron chi connectivity index (χ2n) is 6.50. The van der Waals surface area contributed by atoms with E-state index < -0.39 is 5.92 Å². The topological polar surface area (TPSA) is 84.5 Å². The minimum absolute atomic E-state index is 0.0961. The monoisotopic (exact) mass is 412 g/mol. The largest absolute Gasteiger partial charge is 0.493 e. The van der Waals surface area contributed by atoms with Gasteiger partial charge in [0.15, 0.2) is 5.78 Å². The zero-order valence-electron chi connectivity index (χ0n) is 18.7. The maximum absolute atomic E-state index is 11.2. The fraction of sp³-hybridized carbons (Fsp3) is 0.375. The van der Waals surface area contributed by atoms with Gasteiger partial charge in [0.25, 0.3) is 0 Å². The van der Waals surface area contributed by atoms with E-state index >= 15 is 0 Å². The first-order chi connectivity index (χ1) is 14.4. The summed E-state index contributed by atoms with van der Waals surface area (Å²) in [6.45, 7) is 7.91. The molecule has 0 bridgehead atoms. The van der Waals surface area contributed by atoms with E-state index in [2.05, 4.69) is 28.8 Å². The van der Waals surface area contributed by atoms with E-state index in [-0.39, 0.29) is 17.6 Å². The first-order valence-electron chi connectivity index (χ1n) is 10.2. The van der Waals surface area contributed by atoms with Crippen LogP contribution in [-0.4, -0.2) is 38.3 Å². The van der Waals surface area contributed by atoms with Gasteiger partial charge < -0.3 is 15.4 Å². The predicted molar refractivity (Wildman–Crippen MR) is 120 cm³/mol. The van der Waals surface area contributed by atoms with Crippen LogP contribution < -0.4 is 15.4 Å². The van der Waals surface area contributed by atoms with Crippen molar-refractivity contribution in [3.05, 3.63) is 53.6 Å². The van der Waals surface area contributed by atoms with E-state index in [4.69, 9.17) is 4.74 Å². The van der Waals surface area contributed by atoms with E-state index in [9.17, 15) is 14.4 Å². The van der Waals surface area contributed by atoms with Crippen molar-refractivity contribution in [3.8, 4) is 16.9 Å². The van der Waals surface area contributed by atoms with E-state index in [1.165, 1.54) is 19.7 Å². The zero-order valence-corrected chi connectivity index (χ0v) is 18.7. The lowest BCUT2D eigenvalue weighted by atomic mass is 10.0. The number of carbonyl (C=O) groups is 3. The molecule has 6 nitrogen and oxygen atoms in total. The smallest absolute Gasteiger partial charge is 0.232 e. The molecule has 0 fully saturated rings. The molecule has 0 saturated heterocycles. The SMILES string of the molecule is CC.CC(=O)c1ccc(-c2ccc3c(c2)OCC3)cc1.CNC(=O)C(C)C(=O)NC. The number of rotatable bonds is 4. The summed E-state index contributed by atoms with van der Waals surface area (Å²) in [6.07, 6.45) is 0.999. The number of benzene rings is 2. The summed E-state index contributed by atoms with van der Waals surface area (Å²) in [6, 6.07) is 14.0. The van der Waals surface area contributed by atoms with Crippen LogP contribution in [0.15, 0.2) is 42.5 Å². The molecule has 0 aliphatic carbocycles. The molecule has 0 unspecified atom stereocenters. The molecule has 0 radical (unpaired) electrons. The molecule has 0 atom stereocenters. The molecule has 0 saturated carbocycles. The molecule has 0 aromatic heterocycles. The molecule has 2 amide bonds. The first-order valence-corrected chi connectivity index (χ1v) is 10.2. The van der Waals surface area contributed by atoms with Gasteiger partial charge in [0.05, 0.1) is 6.61 Å². The number of ketones is 1. The second kappa shape index (κ2) is 12.4. The third-order valence-corrected chi connectivity index (χ3v) is 4.60. The molecule has 2 N–H and O–H groups in total. The van der Waals surface area contributed by atoms with E-state index in [0.717, 1.165) is 35.5 Å². The van der Waals surface area contributed by atoms with Crippen LogP contribution in [0.4, 0.5) is 0 Å². The minimum Gasteiger partial charge on any atom is -0.493 e. The average molecular weight is 413 g/mol. The van der Waals surface area contributed by atoms with Crippen LogP contribution in [0.25, 0.3) is 11.1 Å². The molecule has 2 aromatic carbocycles. The van der Waals surface area contributed by atoms with Gasteiger partial charge in [-0.15, -0.1) is 0 Å². The van der Waals surface area contributed by atoms with Crippen LogP contribution in [0.3, 0.4) is 0 Å². The summed E-state index contributed by atoms with van der Waals surface area (Å²) in [5.41, 5.74) is 4.26. The van der Waals surface area contributed by atoms with E-state index in [1.54, 1.807) is 13.8 Å². The van der Waals surface area contributed by atoms with E-state index in [0.29, 0.717) is 0 Å². The van der Waals surface area contributed by atoms with E-state index in [1.807, 2.05) is 38.1 Å². The van der Waals surface area contributed by atoms with Crippen molar-refractivity contribution in [2.45, 2.75) is 34.1 Å². The summed E-state index contributed by atoms with van der Waals surface area (Å²) >= 11 is 0. The van der Waals surface area contributed by atoms with Gasteiger partial charge in [-0.05, 0) is 36.6 Å². The number of hydrogen-bond donors (Lipinski definition) is 2. The predicted octanol–water partition coefficient (Wildman–Crippen LogP) is 3.63. The third kappa shape index (κ3) is 6.72. The molecular formula is C24H32N2O4. The van der Waals surface area contributed by atoms with Crippen molar-refractivity contribution in [3.63, 3.8) is 0 Å². The van der Waals surface area contributed by atoms with Crippen LogP contribution in [0.2, 0.25) is 0 Å². The quantitative estimate of drug-likeness (QED) is 0.593. The summed E-state index contributed by atoms with van der Waals surface area (Å²) in [5, 5.41) is 4.76. The fourth-order valence-corrected chi connectivity index (χ4v) is 2.80. The van der Waals surface area contributed by atoms with Crippen LogP contribution in [0, 0.1) is 5.92 Å². The number of hydrogen-bond acceptors (Lipinski definition) is 4. The summed E-state index contributed by atoms with van der Waals surface area (Å²) in [4.78, 5) is 32.7. The van der Waals surface area contributed by atoms with Crippen LogP contribution >= 0.6 is 0 Å². The maximum atomic E-state index is 11.2. The lowest BCUT2D eigenvalue weighted by Crippen LogP contribution is -2.36. The zero-order chi connectivity index (χ0) is 22.7. The molecule has 2 aromatic rings. The van der Waals surface area contributed by atoms with Crippen molar-refractivity contribution in [1.82, 2.24) is 10.6 Å². The molecule has 1 aliphatic rings. The van der Waals surface area contributed by atoms with Crippen molar-refractivity contribution in [2.75, 3.05) is 20.7 Å². The number of nitrogens with one attached hydrogen (secondary N) is 2. The molecule has 0 spiro atoms. The Morgan fingerprint density at radius 1 is 0.900 bits per heavy atom. The Morgan fingerprint density at radius 3 is 1.93 bits per heavy atom. The summed E-state index contributed by atoms with van der Waals surface area (Å²) in [5.74, 6) is -0.0457. The molecule has 1 heterocycles. The summed E-state index contributed by atoms with van der Waals surface area (Å²) < 4.78 is 5.57. The highest BCUT2D eigenvalue weighted by Gasteiger charge is 2.17. The van der Waals surface area contributed by atoms with Crippen molar-refractivity contribution in [1.29, 1.82) is 0 Å². The highest BCUT2D eigenvalue weighted by molar-refractivity contribution is 5.99. The van der Waals surface area contributed by atoms with Crippen LogP contribution in [-0.2, 0) is 16.0 Å². The van der Waals surface area contributed by atoms with Crippen molar-refractivity contribution >= 4 is 17.6 Å². The third-order valence-electron chi connectivity index (χ3n) is 4.60. The van der Waals surface area contributed by atoms with Gasteiger partial charge in [0.2, 0.25) is 11.8 Å². The maximum Gasteiger partial charge on any atom is 0.232 e.